The summed E-state index contributed by atoms with van der Waals surface area (Å²) >= 11 is 0. The number of rotatable bonds is 8. The van der Waals surface area contributed by atoms with Gasteiger partial charge in [-0.1, -0.05) is 12.1 Å². The number of aromatic nitrogens is 1. The van der Waals surface area contributed by atoms with Crippen LogP contribution in [0.25, 0.3) is 0 Å². The molecule has 1 aromatic heterocycles. The van der Waals surface area contributed by atoms with Crippen LogP contribution in [0.4, 0.5) is 5.69 Å². The van der Waals surface area contributed by atoms with Gasteiger partial charge in [-0.15, -0.1) is 0 Å². The van der Waals surface area contributed by atoms with Gasteiger partial charge in [-0.05, 0) is 57.5 Å². The van der Waals surface area contributed by atoms with Gasteiger partial charge in [0.25, 0.3) is 5.91 Å². The lowest BCUT2D eigenvalue weighted by Crippen LogP contribution is -2.33. The summed E-state index contributed by atoms with van der Waals surface area (Å²) in [5.74, 6) is -0.138. The van der Waals surface area contributed by atoms with Gasteiger partial charge in [-0.3, -0.25) is 9.78 Å². The van der Waals surface area contributed by atoms with Crippen molar-refractivity contribution in [3.63, 3.8) is 0 Å². The molecule has 0 unspecified atom stereocenters. The number of hydrogen-bond donors (Lipinski definition) is 2. The number of benzene rings is 1. The number of carbonyl (C=O) groups is 1. The number of amides is 1. The fourth-order valence-corrected chi connectivity index (χ4v) is 2.47. The van der Waals surface area contributed by atoms with Crippen LogP contribution in [0.15, 0.2) is 48.8 Å². The molecule has 1 heterocycles. The fraction of sp³-hybridized carbons (Fsp3) is 0.400. The Morgan fingerprint density at radius 1 is 1.04 bits per heavy atom. The van der Waals surface area contributed by atoms with Crippen molar-refractivity contribution in [2.75, 3.05) is 11.9 Å². The van der Waals surface area contributed by atoms with Crippen molar-refractivity contribution in [1.82, 2.24) is 10.3 Å². The second-order valence-corrected chi connectivity index (χ2v) is 6.48. The molecule has 5 nitrogen and oxygen atoms in total. The van der Waals surface area contributed by atoms with E-state index < -0.39 is 0 Å². The van der Waals surface area contributed by atoms with Crippen molar-refractivity contribution in [2.24, 2.45) is 0 Å². The van der Waals surface area contributed by atoms with Gasteiger partial charge >= 0.3 is 0 Å². The number of carbonyl (C=O) groups excluding carboxylic acids is 1. The van der Waals surface area contributed by atoms with Gasteiger partial charge < -0.3 is 15.4 Å². The molecule has 1 aromatic carbocycles. The molecule has 2 rings (SSSR count). The Bertz CT molecular complexity index is 656. The van der Waals surface area contributed by atoms with Gasteiger partial charge in [0.15, 0.2) is 0 Å². The van der Waals surface area contributed by atoms with Gasteiger partial charge in [0.2, 0.25) is 0 Å². The zero-order chi connectivity index (χ0) is 18.2. The van der Waals surface area contributed by atoms with Gasteiger partial charge in [-0.2, -0.15) is 0 Å². The lowest BCUT2D eigenvalue weighted by molar-refractivity contribution is 0.0626. The SMILES string of the molecule is CC(C)OC[C@@H](C)N[C@H](C)c1ccc(NC(=O)c2ccncc2)cc1. The molecule has 0 fully saturated rings. The normalized spacial score (nSPS) is 13.5. The molecule has 0 bridgehead atoms. The third-order valence-electron chi connectivity index (χ3n) is 3.83. The highest BCUT2D eigenvalue weighted by molar-refractivity contribution is 6.04. The van der Waals surface area contributed by atoms with E-state index in [-0.39, 0.29) is 24.1 Å². The predicted octanol–water partition coefficient (Wildman–Crippen LogP) is 3.80. The van der Waals surface area contributed by atoms with E-state index in [1.54, 1.807) is 24.5 Å². The second kappa shape index (κ2) is 9.30. The van der Waals surface area contributed by atoms with Crippen molar-refractivity contribution in [1.29, 1.82) is 0 Å². The monoisotopic (exact) mass is 341 g/mol. The number of ether oxygens (including phenoxy) is 1. The van der Waals surface area contributed by atoms with E-state index in [2.05, 4.69) is 29.5 Å². The zero-order valence-corrected chi connectivity index (χ0v) is 15.3. The van der Waals surface area contributed by atoms with Crippen molar-refractivity contribution in [3.8, 4) is 0 Å². The van der Waals surface area contributed by atoms with E-state index in [1.165, 1.54) is 5.56 Å². The maximum atomic E-state index is 12.1. The minimum absolute atomic E-state index is 0.138. The Morgan fingerprint density at radius 3 is 2.28 bits per heavy atom. The average Bonchev–Trinajstić information content (AvgIpc) is 2.61. The van der Waals surface area contributed by atoms with Crippen LogP contribution in [0.3, 0.4) is 0 Å². The van der Waals surface area contributed by atoms with E-state index in [9.17, 15) is 4.79 Å². The van der Waals surface area contributed by atoms with Crippen LogP contribution in [0, 0.1) is 0 Å². The summed E-state index contributed by atoms with van der Waals surface area (Å²) in [7, 11) is 0. The number of nitrogens with one attached hydrogen (secondary N) is 2. The Morgan fingerprint density at radius 2 is 1.68 bits per heavy atom. The van der Waals surface area contributed by atoms with Crippen LogP contribution in [0.2, 0.25) is 0 Å². The molecule has 2 aromatic rings. The minimum Gasteiger partial charge on any atom is -0.377 e. The number of pyridine rings is 1. The Labute approximate surface area is 149 Å². The average molecular weight is 341 g/mol. The van der Waals surface area contributed by atoms with Crippen LogP contribution in [0.1, 0.15) is 49.7 Å². The smallest absolute Gasteiger partial charge is 0.255 e. The molecule has 1 amide bonds. The lowest BCUT2D eigenvalue weighted by atomic mass is 10.1. The van der Waals surface area contributed by atoms with Crippen LogP contribution in [-0.2, 0) is 4.74 Å². The molecule has 0 aliphatic heterocycles. The summed E-state index contributed by atoms with van der Waals surface area (Å²) in [6.45, 7) is 8.99. The second-order valence-electron chi connectivity index (χ2n) is 6.48. The highest BCUT2D eigenvalue weighted by Gasteiger charge is 2.11. The molecule has 5 heteroatoms. The summed E-state index contributed by atoms with van der Waals surface area (Å²) in [5, 5.41) is 6.41. The molecule has 0 radical (unpaired) electrons. The molecule has 134 valence electrons. The van der Waals surface area contributed by atoms with Gasteiger partial charge in [0.05, 0.1) is 12.7 Å². The van der Waals surface area contributed by atoms with Crippen molar-refractivity contribution in [2.45, 2.75) is 45.9 Å². The van der Waals surface area contributed by atoms with E-state index >= 15 is 0 Å². The van der Waals surface area contributed by atoms with Crippen LogP contribution >= 0.6 is 0 Å². The Kier molecular flexibility index (Phi) is 7.10. The summed E-state index contributed by atoms with van der Waals surface area (Å²) in [4.78, 5) is 16.1. The van der Waals surface area contributed by atoms with Crippen LogP contribution < -0.4 is 10.6 Å². The molecule has 0 aliphatic rings. The maximum absolute atomic E-state index is 12.1. The maximum Gasteiger partial charge on any atom is 0.255 e. The molecular formula is C20H27N3O2. The predicted molar refractivity (Wildman–Crippen MR) is 101 cm³/mol. The first kappa shape index (κ1) is 19.1. The Balaban J connectivity index is 1.89. The minimum atomic E-state index is -0.138. The van der Waals surface area contributed by atoms with E-state index in [0.29, 0.717) is 12.2 Å². The fourth-order valence-electron chi connectivity index (χ4n) is 2.47. The molecular weight excluding hydrogens is 314 g/mol. The molecule has 0 aliphatic carbocycles. The molecule has 0 saturated heterocycles. The van der Waals surface area contributed by atoms with Crippen LogP contribution in [-0.4, -0.2) is 29.6 Å². The van der Waals surface area contributed by atoms with Crippen molar-refractivity contribution < 1.29 is 9.53 Å². The van der Waals surface area contributed by atoms with Crippen molar-refractivity contribution >= 4 is 11.6 Å². The number of nitrogens with zero attached hydrogens (tertiary/aromatic N) is 1. The molecule has 2 atom stereocenters. The molecule has 2 N–H and O–H groups in total. The zero-order valence-electron chi connectivity index (χ0n) is 15.3. The first-order chi connectivity index (χ1) is 12.0. The Hall–Kier alpha value is -2.24. The van der Waals surface area contributed by atoms with Gasteiger partial charge in [0.1, 0.15) is 0 Å². The van der Waals surface area contributed by atoms with E-state index in [4.69, 9.17) is 4.74 Å². The topological polar surface area (TPSA) is 63.2 Å². The lowest BCUT2D eigenvalue weighted by Gasteiger charge is -2.21. The number of anilines is 1. The van der Waals surface area contributed by atoms with Crippen LogP contribution in [0.5, 0.6) is 0 Å². The summed E-state index contributed by atoms with van der Waals surface area (Å²) in [6.07, 6.45) is 3.45. The standard InChI is InChI=1S/C20H27N3O2/c1-14(2)25-13-15(3)22-16(4)17-5-7-19(8-6-17)23-20(24)18-9-11-21-12-10-18/h5-12,14-16,22H,13H2,1-4H3,(H,23,24)/t15-,16-/m1/s1. The summed E-state index contributed by atoms with van der Waals surface area (Å²) in [5.41, 5.74) is 2.53. The first-order valence-corrected chi connectivity index (χ1v) is 8.64. The summed E-state index contributed by atoms with van der Waals surface area (Å²) < 4.78 is 5.63. The third-order valence-corrected chi connectivity index (χ3v) is 3.83. The highest BCUT2D eigenvalue weighted by atomic mass is 16.5. The van der Waals surface area contributed by atoms with E-state index in [0.717, 1.165) is 5.69 Å². The highest BCUT2D eigenvalue weighted by Crippen LogP contribution is 2.17. The molecule has 25 heavy (non-hydrogen) atoms. The van der Waals surface area contributed by atoms with Gasteiger partial charge in [-0.25, -0.2) is 0 Å². The van der Waals surface area contributed by atoms with E-state index in [1.807, 2.05) is 38.1 Å². The quantitative estimate of drug-likeness (QED) is 0.767. The first-order valence-electron chi connectivity index (χ1n) is 8.64. The summed E-state index contributed by atoms with van der Waals surface area (Å²) in [6, 6.07) is 11.7. The van der Waals surface area contributed by atoms with Crippen molar-refractivity contribution in [3.05, 3.63) is 59.9 Å². The number of hydrogen-bond acceptors (Lipinski definition) is 4. The van der Waals surface area contributed by atoms with Gasteiger partial charge in [0, 0.05) is 35.7 Å². The largest absolute Gasteiger partial charge is 0.377 e. The third kappa shape index (κ3) is 6.29. The molecule has 0 spiro atoms. The molecule has 0 saturated carbocycles.